The number of aromatic carboxylic acids is 1. The lowest BCUT2D eigenvalue weighted by Gasteiger charge is -1.99. The maximum absolute atomic E-state index is 10.5. The van der Waals surface area contributed by atoms with Crippen LogP contribution in [0.25, 0.3) is 0 Å². The minimum Gasteiger partial charge on any atom is -0.476 e. The molecule has 0 atom stereocenters. The van der Waals surface area contributed by atoms with Crippen LogP contribution in [-0.2, 0) is 0 Å². The first-order valence-electron chi connectivity index (χ1n) is 2.95. The van der Waals surface area contributed by atoms with Crippen molar-refractivity contribution in [1.29, 1.82) is 0 Å². The quantitative estimate of drug-likeness (QED) is 0.822. The molecule has 1 rings (SSSR count). The molecule has 1 N–H and O–H groups in total. The Balaban J connectivity index is 3.17. The second-order valence-corrected chi connectivity index (χ2v) is 2.71. The molecule has 0 aliphatic carbocycles. The van der Waals surface area contributed by atoms with Gasteiger partial charge >= 0.3 is 12.0 Å². The normalized spacial score (nSPS) is 9.50. The Morgan fingerprint density at radius 2 is 2.42 bits per heavy atom. The van der Waals surface area contributed by atoms with E-state index in [-0.39, 0.29) is 11.7 Å². The Morgan fingerprint density at radius 3 is 2.92 bits per heavy atom. The second-order valence-electron chi connectivity index (χ2n) is 1.86. The van der Waals surface area contributed by atoms with Gasteiger partial charge in [0.1, 0.15) is 0 Å². The van der Waals surface area contributed by atoms with Crippen LogP contribution in [-0.4, -0.2) is 28.2 Å². The fraction of sp³-hybridized carbons (Fsp3) is 0.167. The molecule has 0 unspecified atom stereocenters. The van der Waals surface area contributed by atoms with E-state index in [0.29, 0.717) is 4.47 Å². The number of methoxy groups -OCH3 is 1. The van der Waals surface area contributed by atoms with Crippen molar-refractivity contribution in [3.05, 3.63) is 16.4 Å². The van der Waals surface area contributed by atoms with Crippen molar-refractivity contribution in [2.45, 2.75) is 0 Å². The molecule has 0 bridgehead atoms. The lowest BCUT2D eigenvalue weighted by atomic mass is 10.4. The van der Waals surface area contributed by atoms with Crippen molar-refractivity contribution in [3.8, 4) is 6.01 Å². The highest BCUT2D eigenvalue weighted by molar-refractivity contribution is 9.10. The molecule has 0 saturated heterocycles. The van der Waals surface area contributed by atoms with Gasteiger partial charge in [-0.15, -0.1) is 0 Å². The predicted octanol–water partition coefficient (Wildman–Crippen LogP) is 0.946. The van der Waals surface area contributed by atoms with Crippen LogP contribution in [0.2, 0.25) is 0 Å². The van der Waals surface area contributed by atoms with Gasteiger partial charge in [-0.05, 0) is 15.9 Å². The van der Waals surface area contributed by atoms with Gasteiger partial charge in [-0.2, -0.15) is 4.98 Å². The van der Waals surface area contributed by atoms with E-state index in [0.717, 1.165) is 0 Å². The first-order chi connectivity index (χ1) is 5.65. The van der Waals surface area contributed by atoms with E-state index in [4.69, 9.17) is 5.11 Å². The molecule has 0 aromatic carbocycles. The Bertz CT molecular complexity index is 316. The number of rotatable bonds is 2. The van der Waals surface area contributed by atoms with Gasteiger partial charge in [0, 0.05) is 6.20 Å². The lowest BCUT2D eigenvalue weighted by Crippen LogP contribution is -2.04. The van der Waals surface area contributed by atoms with Crippen molar-refractivity contribution in [2.24, 2.45) is 0 Å². The van der Waals surface area contributed by atoms with Gasteiger partial charge in [0.15, 0.2) is 5.69 Å². The van der Waals surface area contributed by atoms with E-state index in [1.165, 1.54) is 13.3 Å². The number of ether oxygens (including phenoxy) is 1. The minimum absolute atomic E-state index is 0.0376. The number of hydrogen-bond acceptors (Lipinski definition) is 4. The summed E-state index contributed by atoms with van der Waals surface area (Å²) in [5.41, 5.74) is -0.109. The van der Waals surface area contributed by atoms with E-state index in [1.54, 1.807) is 0 Å². The maximum Gasteiger partial charge on any atom is 0.355 e. The zero-order valence-corrected chi connectivity index (χ0v) is 7.70. The van der Waals surface area contributed by atoms with Crippen molar-refractivity contribution < 1.29 is 14.6 Å². The molecular formula is C6H5BrN2O3. The summed E-state index contributed by atoms with van der Waals surface area (Å²) in [5, 5.41) is 8.61. The van der Waals surface area contributed by atoms with E-state index >= 15 is 0 Å². The number of halogens is 1. The van der Waals surface area contributed by atoms with Crippen molar-refractivity contribution in [3.63, 3.8) is 0 Å². The fourth-order valence-electron chi connectivity index (χ4n) is 0.599. The monoisotopic (exact) mass is 232 g/mol. The van der Waals surface area contributed by atoms with E-state index < -0.39 is 5.97 Å². The van der Waals surface area contributed by atoms with Gasteiger partial charge in [-0.1, -0.05) is 0 Å². The van der Waals surface area contributed by atoms with Gasteiger partial charge in [-0.25, -0.2) is 9.78 Å². The lowest BCUT2D eigenvalue weighted by molar-refractivity contribution is 0.0688. The highest BCUT2D eigenvalue weighted by Gasteiger charge is 2.11. The van der Waals surface area contributed by atoms with Crippen LogP contribution in [0.1, 0.15) is 10.5 Å². The number of hydrogen-bond donors (Lipinski definition) is 1. The van der Waals surface area contributed by atoms with Crippen LogP contribution in [0.5, 0.6) is 6.01 Å². The third kappa shape index (κ3) is 1.70. The molecule has 12 heavy (non-hydrogen) atoms. The van der Waals surface area contributed by atoms with Gasteiger partial charge in [0.2, 0.25) is 0 Å². The number of nitrogens with zero attached hydrogens (tertiary/aromatic N) is 2. The summed E-state index contributed by atoms with van der Waals surface area (Å²) in [6, 6.07) is 0.0376. The van der Waals surface area contributed by atoms with Gasteiger partial charge in [-0.3, -0.25) is 0 Å². The standard InChI is InChI=1S/C6H5BrN2O3/c1-12-6-8-2-3(7)4(9-6)5(10)11/h2H,1H3,(H,10,11). The van der Waals surface area contributed by atoms with Crippen LogP contribution in [0, 0.1) is 0 Å². The largest absolute Gasteiger partial charge is 0.476 e. The summed E-state index contributed by atoms with van der Waals surface area (Å²) in [4.78, 5) is 17.8. The molecule has 1 heterocycles. The van der Waals surface area contributed by atoms with E-state index in [2.05, 4.69) is 30.6 Å². The number of carboxylic acids is 1. The Kier molecular flexibility index (Phi) is 2.59. The molecule has 1 aromatic rings. The molecular weight excluding hydrogens is 228 g/mol. The van der Waals surface area contributed by atoms with Crippen LogP contribution in [0.4, 0.5) is 0 Å². The van der Waals surface area contributed by atoms with Crippen molar-refractivity contribution in [1.82, 2.24) is 9.97 Å². The highest BCUT2D eigenvalue weighted by Crippen LogP contribution is 2.15. The molecule has 6 heteroatoms. The molecule has 0 amide bonds. The Morgan fingerprint density at radius 1 is 1.75 bits per heavy atom. The third-order valence-electron chi connectivity index (χ3n) is 1.11. The minimum atomic E-state index is -1.12. The van der Waals surface area contributed by atoms with E-state index in [9.17, 15) is 4.79 Å². The molecule has 64 valence electrons. The molecule has 0 aliphatic heterocycles. The Hall–Kier alpha value is -1.17. The van der Waals surface area contributed by atoms with Gasteiger partial charge < -0.3 is 9.84 Å². The van der Waals surface area contributed by atoms with Crippen LogP contribution in [0.15, 0.2) is 10.7 Å². The molecule has 0 spiro atoms. The summed E-state index contributed by atoms with van der Waals surface area (Å²) in [6.45, 7) is 0. The summed E-state index contributed by atoms with van der Waals surface area (Å²) < 4.78 is 4.98. The molecule has 0 radical (unpaired) electrons. The smallest absolute Gasteiger partial charge is 0.355 e. The van der Waals surface area contributed by atoms with Crippen molar-refractivity contribution in [2.75, 3.05) is 7.11 Å². The second kappa shape index (κ2) is 3.48. The van der Waals surface area contributed by atoms with Crippen LogP contribution < -0.4 is 4.74 Å². The fourth-order valence-corrected chi connectivity index (χ4v) is 0.960. The molecule has 0 fully saturated rings. The van der Waals surface area contributed by atoms with Crippen molar-refractivity contribution >= 4 is 21.9 Å². The SMILES string of the molecule is COc1ncc(Br)c(C(=O)O)n1. The molecule has 5 nitrogen and oxygen atoms in total. The van der Waals surface area contributed by atoms with Gasteiger partial charge in [0.25, 0.3) is 0 Å². The number of aromatic nitrogens is 2. The predicted molar refractivity (Wildman–Crippen MR) is 43.2 cm³/mol. The first-order valence-corrected chi connectivity index (χ1v) is 3.74. The summed E-state index contributed by atoms with van der Waals surface area (Å²) >= 11 is 3.00. The number of carboxylic acid groups (broad SMARTS) is 1. The highest BCUT2D eigenvalue weighted by atomic mass is 79.9. The van der Waals surface area contributed by atoms with Crippen LogP contribution in [0.3, 0.4) is 0 Å². The first kappa shape index (κ1) is 8.92. The van der Waals surface area contributed by atoms with E-state index in [1.807, 2.05) is 0 Å². The third-order valence-corrected chi connectivity index (χ3v) is 1.69. The molecule has 0 aliphatic rings. The summed E-state index contributed by atoms with van der Waals surface area (Å²) in [5.74, 6) is -1.12. The summed E-state index contributed by atoms with van der Waals surface area (Å²) in [7, 11) is 1.37. The Labute approximate surface area is 76.5 Å². The average Bonchev–Trinajstić information content (AvgIpc) is 2.05. The molecule has 0 saturated carbocycles. The number of carbonyl (C=O) groups is 1. The van der Waals surface area contributed by atoms with Crippen LogP contribution >= 0.6 is 15.9 Å². The average molecular weight is 233 g/mol. The zero-order valence-electron chi connectivity index (χ0n) is 6.11. The maximum atomic E-state index is 10.5. The topological polar surface area (TPSA) is 72.3 Å². The molecule has 1 aromatic heterocycles. The van der Waals surface area contributed by atoms with Gasteiger partial charge in [0.05, 0.1) is 11.6 Å². The zero-order chi connectivity index (χ0) is 9.14. The summed E-state index contributed by atoms with van der Waals surface area (Å²) in [6.07, 6.45) is 1.33.